The topological polar surface area (TPSA) is 60.7 Å². The summed E-state index contributed by atoms with van der Waals surface area (Å²) in [6.45, 7) is 1.58. The highest BCUT2D eigenvalue weighted by molar-refractivity contribution is 5.46. The van der Waals surface area contributed by atoms with Gasteiger partial charge in [0.25, 0.3) is 0 Å². The lowest BCUT2D eigenvalue weighted by molar-refractivity contribution is 0.268. The summed E-state index contributed by atoms with van der Waals surface area (Å²) in [5, 5.41) is 27.3. The highest BCUT2D eigenvalue weighted by Gasteiger charge is 2.07. The van der Waals surface area contributed by atoms with E-state index in [0.29, 0.717) is 0 Å². The quantitative estimate of drug-likeness (QED) is 0.620. The van der Waals surface area contributed by atoms with Crippen LogP contribution in [0.2, 0.25) is 0 Å². The molecule has 0 aliphatic heterocycles. The van der Waals surface area contributed by atoms with Crippen LogP contribution in [0.1, 0.15) is 18.1 Å². The lowest BCUT2D eigenvalue weighted by atomic mass is 10.1. The first-order valence-corrected chi connectivity index (χ1v) is 3.83. The van der Waals surface area contributed by atoms with Crippen LogP contribution in [-0.2, 0) is 13.0 Å². The summed E-state index contributed by atoms with van der Waals surface area (Å²) in [7, 11) is 0. The molecular weight excluding hydrogens is 156 g/mol. The molecule has 1 rings (SSSR count). The van der Waals surface area contributed by atoms with Gasteiger partial charge in [0.2, 0.25) is 0 Å². The average molecular weight is 168 g/mol. The summed E-state index contributed by atoms with van der Waals surface area (Å²) in [6.07, 6.45) is 0.743. The van der Waals surface area contributed by atoms with Crippen molar-refractivity contribution < 1.29 is 15.3 Å². The van der Waals surface area contributed by atoms with Crippen molar-refractivity contribution >= 4 is 0 Å². The third kappa shape index (κ3) is 1.51. The largest absolute Gasteiger partial charge is 0.507 e. The number of hydrogen-bond acceptors (Lipinski definition) is 3. The first-order chi connectivity index (χ1) is 5.69. The number of aryl methyl sites for hydroxylation is 1. The standard InChI is InChI=1S/C9H12O3/c1-2-6-3-8(11)7(5-10)9(12)4-6/h3-4,10-12H,2,5H2,1H3. The highest BCUT2D eigenvalue weighted by atomic mass is 16.3. The van der Waals surface area contributed by atoms with Crippen molar-refractivity contribution in [3.63, 3.8) is 0 Å². The Kier molecular flexibility index (Phi) is 2.55. The predicted molar refractivity (Wildman–Crippen MR) is 45.1 cm³/mol. The molecule has 0 saturated heterocycles. The molecule has 0 aliphatic rings. The second-order valence-corrected chi connectivity index (χ2v) is 2.62. The van der Waals surface area contributed by atoms with Gasteiger partial charge in [-0.3, -0.25) is 0 Å². The minimum absolute atomic E-state index is 0.0469. The molecule has 1 aromatic rings. The summed E-state index contributed by atoms with van der Waals surface area (Å²) in [6, 6.07) is 3.09. The van der Waals surface area contributed by atoms with Crippen molar-refractivity contribution in [1.82, 2.24) is 0 Å². The molecule has 0 atom stereocenters. The van der Waals surface area contributed by atoms with Crippen molar-refractivity contribution in [1.29, 1.82) is 0 Å². The Morgan fingerprint density at radius 3 is 2.00 bits per heavy atom. The van der Waals surface area contributed by atoms with E-state index >= 15 is 0 Å². The van der Waals surface area contributed by atoms with Gasteiger partial charge < -0.3 is 15.3 Å². The molecule has 0 fully saturated rings. The molecule has 0 heterocycles. The number of benzene rings is 1. The molecule has 1 aromatic carbocycles. The molecule has 0 unspecified atom stereocenters. The number of phenols is 2. The van der Waals surface area contributed by atoms with E-state index in [1.807, 2.05) is 6.92 Å². The Hall–Kier alpha value is -1.22. The van der Waals surface area contributed by atoms with Crippen LogP contribution >= 0.6 is 0 Å². The van der Waals surface area contributed by atoms with E-state index in [1.165, 1.54) is 0 Å². The van der Waals surface area contributed by atoms with Crippen molar-refractivity contribution in [3.8, 4) is 11.5 Å². The molecule has 12 heavy (non-hydrogen) atoms. The molecular formula is C9H12O3. The fourth-order valence-electron chi connectivity index (χ4n) is 1.06. The molecule has 0 amide bonds. The number of aliphatic hydroxyl groups is 1. The molecule has 0 aliphatic carbocycles. The van der Waals surface area contributed by atoms with Crippen LogP contribution in [-0.4, -0.2) is 15.3 Å². The number of rotatable bonds is 2. The molecule has 0 radical (unpaired) electrons. The fraction of sp³-hybridized carbons (Fsp3) is 0.333. The first kappa shape index (κ1) is 8.87. The van der Waals surface area contributed by atoms with Gasteiger partial charge in [-0.05, 0) is 24.1 Å². The lowest BCUT2D eigenvalue weighted by Gasteiger charge is -2.06. The molecule has 0 aromatic heterocycles. The van der Waals surface area contributed by atoms with Gasteiger partial charge in [0, 0.05) is 0 Å². The molecule has 66 valence electrons. The van der Waals surface area contributed by atoms with Gasteiger partial charge in [-0.1, -0.05) is 6.92 Å². The van der Waals surface area contributed by atoms with Gasteiger partial charge in [-0.15, -0.1) is 0 Å². The van der Waals surface area contributed by atoms with Crippen LogP contribution in [0.25, 0.3) is 0 Å². The van der Waals surface area contributed by atoms with Crippen molar-refractivity contribution in [3.05, 3.63) is 23.3 Å². The summed E-state index contributed by atoms with van der Waals surface area (Å²) >= 11 is 0. The zero-order valence-corrected chi connectivity index (χ0v) is 6.91. The number of hydrogen-bond donors (Lipinski definition) is 3. The Morgan fingerprint density at radius 2 is 1.67 bits per heavy atom. The highest BCUT2D eigenvalue weighted by Crippen LogP contribution is 2.28. The number of aliphatic hydroxyl groups excluding tert-OH is 1. The summed E-state index contributed by atoms with van der Waals surface area (Å²) in [5.74, 6) is -0.0938. The Bertz CT molecular complexity index is 258. The SMILES string of the molecule is CCc1cc(O)c(CO)c(O)c1. The molecule has 3 nitrogen and oxygen atoms in total. The maximum Gasteiger partial charge on any atom is 0.125 e. The van der Waals surface area contributed by atoms with Crippen molar-refractivity contribution in [2.45, 2.75) is 20.0 Å². The van der Waals surface area contributed by atoms with Gasteiger partial charge in [0.15, 0.2) is 0 Å². The average Bonchev–Trinajstić information content (AvgIpc) is 2.03. The Labute approximate surface area is 70.9 Å². The molecule has 0 spiro atoms. The Balaban J connectivity index is 3.18. The van der Waals surface area contributed by atoms with Gasteiger partial charge in [0.1, 0.15) is 11.5 Å². The smallest absolute Gasteiger partial charge is 0.125 e. The lowest BCUT2D eigenvalue weighted by Crippen LogP contribution is -1.88. The van der Waals surface area contributed by atoms with Crippen LogP contribution in [0, 0.1) is 0 Å². The molecule has 3 N–H and O–H groups in total. The fourth-order valence-corrected chi connectivity index (χ4v) is 1.06. The van der Waals surface area contributed by atoms with E-state index in [2.05, 4.69) is 0 Å². The summed E-state index contributed by atoms with van der Waals surface area (Å²) in [4.78, 5) is 0. The van der Waals surface area contributed by atoms with E-state index in [4.69, 9.17) is 5.11 Å². The minimum atomic E-state index is -0.346. The van der Waals surface area contributed by atoms with Crippen molar-refractivity contribution in [2.24, 2.45) is 0 Å². The maximum absolute atomic E-state index is 9.28. The predicted octanol–water partition coefficient (Wildman–Crippen LogP) is 1.15. The van der Waals surface area contributed by atoms with Crippen LogP contribution in [0.5, 0.6) is 11.5 Å². The van der Waals surface area contributed by atoms with Gasteiger partial charge in [0.05, 0.1) is 12.2 Å². The zero-order chi connectivity index (χ0) is 9.14. The van der Waals surface area contributed by atoms with Gasteiger partial charge in [-0.25, -0.2) is 0 Å². The van der Waals surface area contributed by atoms with Crippen LogP contribution in [0.4, 0.5) is 0 Å². The number of aromatic hydroxyl groups is 2. The van der Waals surface area contributed by atoms with Gasteiger partial charge >= 0.3 is 0 Å². The summed E-state index contributed by atoms with van der Waals surface area (Å²) < 4.78 is 0. The second kappa shape index (κ2) is 3.45. The monoisotopic (exact) mass is 168 g/mol. The van der Waals surface area contributed by atoms with Crippen LogP contribution < -0.4 is 0 Å². The Morgan fingerprint density at radius 1 is 1.17 bits per heavy atom. The third-order valence-electron chi connectivity index (χ3n) is 1.83. The zero-order valence-electron chi connectivity index (χ0n) is 6.91. The van der Waals surface area contributed by atoms with E-state index in [9.17, 15) is 10.2 Å². The van der Waals surface area contributed by atoms with Crippen molar-refractivity contribution in [2.75, 3.05) is 0 Å². The van der Waals surface area contributed by atoms with E-state index in [1.54, 1.807) is 12.1 Å². The summed E-state index contributed by atoms with van der Waals surface area (Å²) in [5.41, 5.74) is 1.04. The van der Waals surface area contributed by atoms with E-state index in [-0.39, 0.29) is 23.7 Å². The normalized spacial score (nSPS) is 10.2. The maximum atomic E-state index is 9.28. The van der Waals surface area contributed by atoms with Gasteiger partial charge in [-0.2, -0.15) is 0 Å². The molecule has 0 bridgehead atoms. The van der Waals surface area contributed by atoms with Crippen LogP contribution in [0.15, 0.2) is 12.1 Å². The first-order valence-electron chi connectivity index (χ1n) is 3.83. The van der Waals surface area contributed by atoms with E-state index in [0.717, 1.165) is 12.0 Å². The van der Waals surface area contributed by atoms with Crippen LogP contribution in [0.3, 0.4) is 0 Å². The minimum Gasteiger partial charge on any atom is -0.507 e. The van der Waals surface area contributed by atoms with E-state index < -0.39 is 0 Å². The second-order valence-electron chi connectivity index (χ2n) is 2.62. The molecule has 3 heteroatoms. The molecule has 0 saturated carbocycles. The third-order valence-corrected chi connectivity index (χ3v) is 1.83.